The van der Waals surface area contributed by atoms with Crippen LogP contribution in [-0.2, 0) is 25.5 Å². The summed E-state index contributed by atoms with van der Waals surface area (Å²) >= 11 is 0. The van der Waals surface area contributed by atoms with E-state index in [0.717, 1.165) is 36.3 Å². The Morgan fingerprint density at radius 3 is 2.41 bits per heavy atom. The van der Waals surface area contributed by atoms with Crippen molar-refractivity contribution in [2.24, 2.45) is 11.8 Å². The number of ether oxygens (including phenoxy) is 2. The van der Waals surface area contributed by atoms with Gasteiger partial charge in [-0.05, 0) is 94.4 Å². The molecule has 0 radical (unpaired) electrons. The summed E-state index contributed by atoms with van der Waals surface area (Å²) in [7, 11) is 1.62. The van der Waals surface area contributed by atoms with Crippen LogP contribution in [-0.4, -0.2) is 66.3 Å². The highest BCUT2D eigenvalue weighted by atomic mass is 16.6. The number of nitrogens with one attached hydrogen (secondary N) is 3. The minimum atomic E-state index is -0.717. The van der Waals surface area contributed by atoms with Crippen molar-refractivity contribution in [2.75, 3.05) is 13.7 Å². The molecule has 4 aliphatic rings. The topological polar surface area (TPSA) is 129 Å². The second kappa shape index (κ2) is 11.3. The smallest absolute Gasteiger partial charge is 0.242 e. The van der Waals surface area contributed by atoms with Crippen molar-refractivity contribution < 1.29 is 29.0 Å². The first kappa shape index (κ1) is 27.6. The van der Waals surface area contributed by atoms with E-state index in [-0.39, 0.29) is 41.7 Å². The minimum absolute atomic E-state index is 0.0682. The second-order valence-electron chi connectivity index (χ2n) is 11.8. The summed E-state index contributed by atoms with van der Waals surface area (Å²) in [6, 6.07) is 6.31. The lowest BCUT2D eigenvalue weighted by Gasteiger charge is -2.43. The molecule has 2 aliphatic carbocycles. The van der Waals surface area contributed by atoms with Gasteiger partial charge in [0.25, 0.3) is 0 Å². The summed E-state index contributed by atoms with van der Waals surface area (Å²) in [6.45, 7) is 3.99. The van der Waals surface area contributed by atoms with Crippen molar-refractivity contribution in [3.63, 3.8) is 0 Å². The molecule has 3 fully saturated rings. The molecular formula is C30H41N3O6. The van der Waals surface area contributed by atoms with E-state index in [1.54, 1.807) is 14.0 Å². The molecule has 0 bridgehead atoms. The lowest BCUT2D eigenvalue weighted by Crippen LogP contribution is -2.56. The zero-order chi connectivity index (χ0) is 27.7. The van der Waals surface area contributed by atoms with Crippen LogP contribution in [0.15, 0.2) is 35.5 Å². The minimum Gasteiger partial charge on any atom is -0.497 e. The molecule has 1 aromatic carbocycles. The molecule has 0 spiro atoms. The van der Waals surface area contributed by atoms with Gasteiger partial charge >= 0.3 is 0 Å². The fourth-order valence-corrected chi connectivity index (χ4v) is 6.10. The maximum Gasteiger partial charge on any atom is 0.242 e. The highest BCUT2D eigenvalue weighted by Gasteiger charge is 2.52. The van der Waals surface area contributed by atoms with Crippen LogP contribution in [0.25, 0.3) is 0 Å². The van der Waals surface area contributed by atoms with Gasteiger partial charge in [0.2, 0.25) is 11.8 Å². The van der Waals surface area contributed by atoms with Gasteiger partial charge in [-0.3, -0.25) is 14.4 Å². The molecule has 2 aliphatic heterocycles. The number of carbonyl (C=O) groups excluding carboxylic acids is 3. The lowest BCUT2D eigenvalue weighted by atomic mass is 9.70. The Labute approximate surface area is 230 Å². The Kier molecular flexibility index (Phi) is 8.01. The van der Waals surface area contributed by atoms with E-state index < -0.39 is 11.6 Å². The van der Waals surface area contributed by atoms with E-state index in [2.05, 4.69) is 16.0 Å². The first-order valence-electron chi connectivity index (χ1n) is 14.3. The van der Waals surface area contributed by atoms with Crippen molar-refractivity contribution in [3.8, 4) is 5.75 Å². The summed E-state index contributed by atoms with van der Waals surface area (Å²) in [5.41, 5.74) is 2.50. The van der Waals surface area contributed by atoms with Gasteiger partial charge in [0.05, 0.1) is 31.9 Å². The van der Waals surface area contributed by atoms with Crippen molar-refractivity contribution in [1.29, 1.82) is 0 Å². The number of fused-ring (bicyclic) bond motifs is 1. The maximum absolute atomic E-state index is 13.4. The average molecular weight is 540 g/mol. The third-order valence-corrected chi connectivity index (χ3v) is 8.95. The molecule has 1 unspecified atom stereocenters. The Morgan fingerprint density at radius 1 is 1.13 bits per heavy atom. The predicted octanol–water partition coefficient (Wildman–Crippen LogP) is 2.16. The fraction of sp³-hybridized carbons (Fsp3) is 0.633. The number of epoxide rings is 1. The molecule has 2 amide bonds. The number of hydrogen-bond acceptors (Lipinski definition) is 7. The lowest BCUT2D eigenvalue weighted by molar-refractivity contribution is -0.132. The van der Waals surface area contributed by atoms with Gasteiger partial charge in [-0.2, -0.15) is 0 Å². The third-order valence-electron chi connectivity index (χ3n) is 8.95. The third kappa shape index (κ3) is 6.14. The first-order valence-corrected chi connectivity index (χ1v) is 14.3. The summed E-state index contributed by atoms with van der Waals surface area (Å²) in [4.78, 5) is 39.5. The molecule has 0 aromatic heterocycles. The van der Waals surface area contributed by atoms with Crippen molar-refractivity contribution >= 4 is 17.6 Å². The Balaban J connectivity index is 1.32. The highest BCUT2D eigenvalue weighted by Crippen LogP contribution is 2.44. The first-order chi connectivity index (χ1) is 18.7. The van der Waals surface area contributed by atoms with Crippen molar-refractivity contribution in [3.05, 3.63) is 41.1 Å². The number of amides is 2. The molecule has 4 N–H and O–H groups in total. The average Bonchev–Trinajstić information content (AvgIpc) is 3.67. The predicted molar refractivity (Wildman–Crippen MR) is 145 cm³/mol. The maximum atomic E-state index is 13.4. The van der Waals surface area contributed by atoms with E-state index in [9.17, 15) is 19.5 Å². The highest BCUT2D eigenvalue weighted by molar-refractivity contribution is 5.94. The van der Waals surface area contributed by atoms with Crippen LogP contribution in [0, 0.1) is 11.8 Å². The van der Waals surface area contributed by atoms with Crippen LogP contribution in [0.1, 0.15) is 64.4 Å². The monoisotopic (exact) mass is 539 g/mol. The van der Waals surface area contributed by atoms with E-state index in [1.165, 1.54) is 5.57 Å². The number of Topliss-reactive ketones (excluding diaryl/α,β-unsaturated/α-hetero) is 1. The van der Waals surface area contributed by atoms with E-state index in [4.69, 9.17) is 9.47 Å². The molecule has 212 valence electrons. The zero-order valence-electron chi connectivity index (χ0n) is 23.1. The standard InChI is InChI=1S/C30H41N3O6/c1-17(31-29(37)19-6-9-21(34)10-7-19)28(36)33-24(14-18-4-11-22(38-3)12-5-18)26-23-13-8-20(23)15-25(32-26)27(35)30(2)16-39-30/h4-5,11-12,17,19-21,24-25,32,34H,6-10,13-16H2,1-3H3,(H,31,37)(H,33,36)/t17-,19-,20?,21-,24+,25+,30-/m1/s1. The number of aliphatic hydroxyl groups excluding tert-OH is 1. The molecule has 2 heterocycles. The number of allylic oxidation sites excluding steroid dienone is 1. The number of benzene rings is 1. The number of methoxy groups -OCH3 is 1. The number of hydrogen-bond donors (Lipinski definition) is 4. The molecule has 9 nitrogen and oxygen atoms in total. The van der Waals surface area contributed by atoms with Crippen LogP contribution < -0.4 is 20.7 Å². The van der Waals surface area contributed by atoms with E-state index in [0.29, 0.717) is 44.6 Å². The van der Waals surface area contributed by atoms with Crippen LogP contribution in [0.3, 0.4) is 0 Å². The molecule has 9 heteroatoms. The van der Waals surface area contributed by atoms with Gasteiger partial charge in [0.1, 0.15) is 17.4 Å². The SMILES string of the molecule is COc1ccc(C[C@H](NC(=O)[C@@H](C)NC(=O)[C@H]2CC[C@H](O)CC2)C2=C3CCC3C[C@@H](C(=O)[C@@]3(C)CO3)N2)cc1. The van der Waals surface area contributed by atoms with Gasteiger partial charge in [0.15, 0.2) is 5.78 Å². The van der Waals surface area contributed by atoms with Crippen molar-refractivity contribution in [1.82, 2.24) is 16.0 Å². The second-order valence-corrected chi connectivity index (χ2v) is 11.8. The van der Waals surface area contributed by atoms with E-state index in [1.807, 2.05) is 31.2 Å². The largest absolute Gasteiger partial charge is 0.497 e. The molecule has 5 rings (SSSR count). The van der Waals surface area contributed by atoms with Crippen molar-refractivity contribution in [2.45, 2.75) is 95.0 Å². The van der Waals surface area contributed by atoms with Gasteiger partial charge in [-0.25, -0.2) is 0 Å². The molecular weight excluding hydrogens is 498 g/mol. The van der Waals surface area contributed by atoms with Gasteiger partial charge in [-0.15, -0.1) is 0 Å². The molecule has 39 heavy (non-hydrogen) atoms. The molecule has 2 saturated carbocycles. The summed E-state index contributed by atoms with van der Waals surface area (Å²) in [6.07, 6.45) is 5.39. The van der Waals surface area contributed by atoms with Crippen LogP contribution in [0.5, 0.6) is 5.75 Å². The van der Waals surface area contributed by atoms with Gasteiger partial charge in [-0.1, -0.05) is 12.1 Å². The number of carbonyl (C=O) groups is 3. The molecule has 5 atom stereocenters. The van der Waals surface area contributed by atoms with Gasteiger partial charge in [0, 0.05) is 11.6 Å². The number of rotatable bonds is 10. The van der Waals surface area contributed by atoms with Crippen LogP contribution >= 0.6 is 0 Å². The molecule has 1 saturated heterocycles. The van der Waals surface area contributed by atoms with E-state index >= 15 is 0 Å². The van der Waals surface area contributed by atoms with Crippen LogP contribution in [0.2, 0.25) is 0 Å². The fourth-order valence-electron chi connectivity index (χ4n) is 6.10. The summed E-state index contributed by atoms with van der Waals surface area (Å²) < 4.78 is 10.8. The van der Waals surface area contributed by atoms with Gasteiger partial charge < -0.3 is 30.5 Å². The zero-order valence-corrected chi connectivity index (χ0v) is 23.1. The Morgan fingerprint density at radius 2 is 1.82 bits per heavy atom. The quantitative estimate of drug-likeness (QED) is 0.335. The summed E-state index contributed by atoms with van der Waals surface area (Å²) in [5.74, 6) is 0.555. The normalized spacial score (nSPS) is 31.1. The molecule has 1 aromatic rings. The summed E-state index contributed by atoms with van der Waals surface area (Å²) in [5, 5.41) is 19.3. The Bertz CT molecular complexity index is 1120. The Hall–Kier alpha value is -2.91. The number of aliphatic hydroxyl groups is 1. The number of ketones is 1. The van der Waals surface area contributed by atoms with Crippen LogP contribution in [0.4, 0.5) is 0 Å².